The molecular formula is C45H29N3S2. The van der Waals surface area contributed by atoms with E-state index in [2.05, 4.69) is 157 Å². The Kier molecular flexibility index (Phi) is 6.93. The summed E-state index contributed by atoms with van der Waals surface area (Å²) in [5.41, 5.74) is 8.08. The number of nitrogens with zero attached hydrogens (tertiary/aromatic N) is 2. The number of fused-ring (bicyclic) bond motifs is 6. The summed E-state index contributed by atoms with van der Waals surface area (Å²) in [5, 5.41) is 8.86. The summed E-state index contributed by atoms with van der Waals surface area (Å²) in [5.74, 6) is 1.55. The van der Waals surface area contributed by atoms with Crippen molar-refractivity contribution in [3.63, 3.8) is 0 Å². The lowest BCUT2D eigenvalue weighted by atomic mass is 10.00. The third-order valence-corrected chi connectivity index (χ3v) is 12.0. The number of thiophene rings is 2. The normalized spacial score (nSPS) is 14.6. The summed E-state index contributed by atoms with van der Waals surface area (Å²) in [6, 6.07) is 58.4. The van der Waals surface area contributed by atoms with Gasteiger partial charge in [-0.25, -0.2) is 9.98 Å². The summed E-state index contributed by atoms with van der Waals surface area (Å²) < 4.78 is 5.22. The first kappa shape index (κ1) is 29.1. The summed E-state index contributed by atoms with van der Waals surface area (Å²) in [4.78, 5) is 10.2. The molecule has 10 rings (SSSR count). The molecule has 0 amide bonds. The molecule has 0 bridgehead atoms. The van der Waals surface area contributed by atoms with Gasteiger partial charge in [0.2, 0.25) is 0 Å². The maximum atomic E-state index is 5.14. The molecule has 3 nitrogen and oxygen atoms in total. The molecule has 1 aliphatic rings. The van der Waals surface area contributed by atoms with Crippen LogP contribution >= 0.6 is 22.7 Å². The maximum Gasteiger partial charge on any atom is 0.159 e. The minimum atomic E-state index is -0.251. The highest BCUT2D eigenvalue weighted by molar-refractivity contribution is 7.27. The van der Waals surface area contributed by atoms with E-state index in [1.165, 1.54) is 62.6 Å². The van der Waals surface area contributed by atoms with E-state index in [4.69, 9.17) is 9.98 Å². The summed E-state index contributed by atoms with van der Waals surface area (Å²) in [6.45, 7) is 0. The van der Waals surface area contributed by atoms with Crippen LogP contribution in [-0.4, -0.2) is 11.7 Å². The number of hydrogen-bond donors (Lipinski definition) is 1. The molecular weight excluding hydrogens is 647 g/mol. The average Bonchev–Trinajstić information content (AvgIpc) is 3.77. The first-order valence-electron chi connectivity index (χ1n) is 16.8. The third-order valence-electron chi connectivity index (χ3n) is 9.57. The predicted octanol–water partition coefficient (Wildman–Crippen LogP) is 12.3. The molecule has 0 saturated carbocycles. The quantitative estimate of drug-likeness (QED) is 0.194. The third kappa shape index (κ3) is 4.94. The first-order valence-corrected chi connectivity index (χ1v) is 18.4. The molecule has 0 spiro atoms. The largest absolute Gasteiger partial charge is 0.344 e. The van der Waals surface area contributed by atoms with Crippen LogP contribution < -0.4 is 5.32 Å². The van der Waals surface area contributed by atoms with Crippen LogP contribution in [0.3, 0.4) is 0 Å². The molecule has 1 aliphatic heterocycles. The van der Waals surface area contributed by atoms with Gasteiger partial charge in [-0.15, -0.1) is 22.7 Å². The Balaban J connectivity index is 1.07. The molecule has 3 heterocycles. The van der Waals surface area contributed by atoms with E-state index in [0.29, 0.717) is 0 Å². The Morgan fingerprint density at radius 1 is 0.440 bits per heavy atom. The molecule has 7 aromatic carbocycles. The van der Waals surface area contributed by atoms with Crippen molar-refractivity contribution in [1.29, 1.82) is 0 Å². The predicted molar refractivity (Wildman–Crippen MR) is 215 cm³/mol. The first-order chi connectivity index (χ1) is 24.8. The molecule has 0 saturated heterocycles. The maximum absolute atomic E-state index is 5.14. The number of benzene rings is 7. The Bertz CT molecular complexity index is 2770. The van der Waals surface area contributed by atoms with Gasteiger partial charge in [-0.2, -0.15) is 0 Å². The van der Waals surface area contributed by atoms with Gasteiger partial charge in [-0.05, 0) is 28.8 Å². The van der Waals surface area contributed by atoms with Crippen molar-refractivity contribution in [2.75, 3.05) is 0 Å². The number of hydrogen-bond acceptors (Lipinski definition) is 5. The van der Waals surface area contributed by atoms with Crippen molar-refractivity contribution in [1.82, 2.24) is 5.32 Å². The number of amidine groups is 2. The van der Waals surface area contributed by atoms with Gasteiger partial charge in [0.05, 0.1) is 0 Å². The van der Waals surface area contributed by atoms with Crippen LogP contribution in [0.1, 0.15) is 22.9 Å². The highest BCUT2D eigenvalue weighted by Gasteiger charge is 2.22. The van der Waals surface area contributed by atoms with E-state index in [-0.39, 0.29) is 6.17 Å². The van der Waals surface area contributed by atoms with E-state index >= 15 is 0 Å². The van der Waals surface area contributed by atoms with Gasteiger partial charge < -0.3 is 5.32 Å². The summed E-state index contributed by atoms with van der Waals surface area (Å²) in [6.07, 6.45) is -0.251. The Hall–Kier alpha value is -5.88. The Labute approximate surface area is 297 Å². The Morgan fingerprint density at radius 3 is 1.74 bits per heavy atom. The van der Waals surface area contributed by atoms with Gasteiger partial charge in [-0.3, -0.25) is 0 Å². The van der Waals surface area contributed by atoms with Crippen molar-refractivity contribution in [3.8, 4) is 22.3 Å². The molecule has 1 atom stereocenters. The lowest BCUT2D eigenvalue weighted by Crippen LogP contribution is -2.33. The monoisotopic (exact) mass is 675 g/mol. The number of rotatable bonds is 5. The van der Waals surface area contributed by atoms with Crippen LogP contribution in [0.5, 0.6) is 0 Å². The zero-order chi connectivity index (χ0) is 33.0. The lowest BCUT2D eigenvalue weighted by molar-refractivity contribution is 0.674. The van der Waals surface area contributed by atoms with Gasteiger partial charge in [0.15, 0.2) is 5.84 Å². The van der Waals surface area contributed by atoms with Gasteiger partial charge in [0.1, 0.15) is 12.0 Å². The van der Waals surface area contributed by atoms with Crippen LogP contribution in [0.4, 0.5) is 0 Å². The van der Waals surface area contributed by atoms with E-state index in [1.54, 1.807) is 0 Å². The van der Waals surface area contributed by atoms with Crippen molar-refractivity contribution in [2.45, 2.75) is 6.17 Å². The highest BCUT2D eigenvalue weighted by Crippen LogP contribution is 2.45. The smallest absolute Gasteiger partial charge is 0.159 e. The van der Waals surface area contributed by atoms with Gasteiger partial charge >= 0.3 is 0 Å². The molecule has 5 heteroatoms. The summed E-state index contributed by atoms with van der Waals surface area (Å²) in [7, 11) is 0. The molecule has 0 radical (unpaired) electrons. The molecule has 236 valence electrons. The van der Waals surface area contributed by atoms with Crippen molar-refractivity contribution in [2.24, 2.45) is 9.98 Å². The number of aliphatic imine (C=N–C) groups is 2. The molecule has 50 heavy (non-hydrogen) atoms. The van der Waals surface area contributed by atoms with E-state index in [0.717, 1.165) is 28.4 Å². The SMILES string of the molecule is c1ccc(-c2ccc(C3=NC(c4ccccc4)NC(c4ccc5c(c4)sc4c(-c6cccc7c6sc6ccccc67)cccc45)=N3)cc2)cc1. The molecule has 1 N–H and O–H groups in total. The minimum absolute atomic E-state index is 0.251. The van der Waals surface area contributed by atoms with Crippen molar-refractivity contribution < 1.29 is 0 Å². The van der Waals surface area contributed by atoms with E-state index in [9.17, 15) is 0 Å². The molecule has 0 aliphatic carbocycles. The fourth-order valence-electron chi connectivity index (χ4n) is 7.09. The van der Waals surface area contributed by atoms with Gasteiger partial charge in [0.25, 0.3) is 0 Å². The van der Waals surface area contributed by atoms with Crippen LogP contribution in [0.25, 0.3) is 62.6 Å². The van der Waals surface area contributed by atoms with Gasteiger partial charge in [-0.1, -0.05) is 152 Å². The lowest BCUT2D eigenvalue weighted by Gasteiger charge is -2.23. The van der Waals surface area contributed by atoms with Gasteiger partial charge in [0, 0.05) is 62.6 Å². The van der Waals surface area contributed by atoms with Crippen molar-refractivity contribution in [3.05, 3.63) is 180 Å². The molecule has 0 fully saturated rings. The summed E-state index contributed by atoms with van der Waals surface area (Å²) >= 11 is 3.75. The second-order valence-corrected chi connectivity index (χ2v) is 14.7. The average molecular weight is 676 g/mol. The van der Waals surface area contributed by atoms with E-state index < -0.39 is 0 Å². The standard InChI is InChI=1S/C45H29N3S2/c1-3-11-28(12-4-1)29-21-23-31(24-22-29)44-46-43(30-13-5-2-6-14-30)47-45(48-44)32-25-26-34-36-17-10-19-38(42(36)50-40(34)27-32)37-18-9-16-35-33-15-7-8-20-39(33)49-41(35)37/h1-27,43H,(H,46,47,48). The fraction of sp³-hybridized carbons (Fsp3) is 0.0222. The van der Waals surface area contributed by atoms with Crippen molar-refractivity contribution >= 4 is 74.7 Å². The topological polar surface area (TPSA) is 36.8 Å². The number of nitrogens with one attached hydrogen (secondary N) is 1. The van der Waals surface area contributed by atoms with E-state index in [1.807, 2.05) is 34.8 Å². The zero-order valence-corrected chi connectivity index (χ0v) is 28.5. The highest BCUT2D eigenvalue weighted by atomic mass is 32.1. The zero-order valence-electron chi connectivity index (χ0n) is 26.9. The second kappa shape index (κ2) is 11.9. The fourth-order valence-corrected chi connectivity index (χ4v) is 9.59. The minimum Gasteiger partial charge on any atom is -0.344 e. The second-order valence-electron chi connectivity index (χ2n) is 12.6. The Morgan fingerprint density at radius 2 is 1.00 bits per heavy atom. The van der Waals surface area contributed by atoms with Crippen LogP contribution in [0.2, 0.25) is 0 Å². The molecule has 2 aromatic heterocycles. The van der Waals surface area contributed by atoms with Crippen LogP contribution in [0.15, 0.2) is 174 Å². The van der Waals surface area contributed by atoms with Crippen LogP contribution in [0, 0.1) is 0 Å². The molecule has 1 unspecified atom stereocenters. The van der Waals surface area contributed by atoms with Crippen LogP contribution in [-0.2, 0) is 0 Å². The molecule has 9 aromatic rings.